The highest BCUT2D eigenvalue weighted by atomic mass is 32.1. The highest BCUT2D eigenvalue weighted by Crippen LogP contribution is 2.36. The highest BCUT2D eigenvalue weighted by molar-refractivity contribution is 7.13. The summed E-state index contributed by atoms with van der Waals surface area (Å²) in [5.74, 6) is 0.517. The fourth-order valence-electron chi connectivity index (χ4n) is 3.43. The van der Waals surface area contributed by atoms with E-state index in [9.17, 15) is 18.0 Å². The molecule has 0 aliphatic carbocycles. The van der Waals surface area contributed by atoms with E-state index in [1.54, 1.807) is 28.5 Å². The first-order chi connectivity index (χ1) is 15.9. The second-order valence-corrected chi connectivity index (χ2v) is 8.11. The number of alkyl halides is 3. The average molecular weight is 478 g/mol. The standard InChI is InChI=1S/C23H21F3N2O4S/c1-30-20-12-15(21-27-18(14-33-21)22(29)28-8-10-31-11-9-28)6-7-19(20)32-13-16-4-2-3-5-17(16)23(24,25)26/h2-7,12,14H,8-11,13H2,1H3. The van der Waals surface area contributed by atoms with Crippen molar-refractivity contribution in [2.24, 2.45) is 0 Å². The number of carbonyl (C=O) groups is 1. The van der Waals surface area contributed by atoms with Gasteiger partial charge in [0.25, 0.3) is 5.91 Å². The maximum Gasteiger partial charge on any atom is 0.416 e. The Morgan fingerprint density at radius 2 is 1.91 bits per heavy atom. The molecule has 0 spiro atoms. The number of benzene rings is 2. The number of halogens is 3. The summed E-state index contributed by atoms with van der Waals surface area (Å²) in [5, 5.41) is 2.33. The number of methoxy groups -OCH3 is 1. The van der Waals surface area contributed by atoms with Gasteiger partial charge in [0.2, 0.25) is 0 Å². The molecule has 1 aliphatic heterocycles. The third-order valence-electron chi connectivity index (χ3n) is 5.14. The molecule has 174 valence electrons. The third kappa shape index (κ3) is 5.28. The van der Waals surface area contributed by atoms with Gasteiger partial charge < -0.3 is 19.1 Å². The third-order valence-corrected chi connectivity index (χ3v) is 6.03. The lowest BCUT2D eigenvalue weighted by Gasteiger charge is -2.25. The molecule has 6 nitrogen and oxygen atoms in total. The molecular weight excluding hydrogens is 457 g/mol. The summed E-state index contributed by atoms with van der Waals surface area (Å²) < 4.78 is 56.0. The zero-order valence-electron chi connectivity index (χ0n) is 17.7. The van der Waals surface area contributed by atoms with E-state index in [0.29, 0.717) is 54.1 Å². The van der Waals surface area contributed by atoms with Crippen LogP contribution in [-0.4, -0.2) is 49.2 Å². The van der Waals surface area contributed by atoms with Gasteiger partial charge in [-0.05, 0) is 24.3 Å². The fraction of sp³-hybridized carbons (Fsp3) is 0.304. The second kappa shape index (κ2) is 9.80. The van der Waals surface area contributed by atoms with Gasteiger partial charge in [0.05, 0.1) is 25.9 Å². The van der Waals surface area contributed by atoms with Crippen LogP contribution in [0, 0.1) is 0 Å². The number of hydrogen-bond donors (Lipinski definition) is 0. The summed E-state index contributed by atoms with van der Waals surface area (Å²) in [5.41, 5.74) is 0.365. The molecule has 4 rings (SSSR count). The Morgan fingerprint density at radius 1 is 1.15 bits per heavy atom. The molecule has 1 fully saturated rings. The SMILES string of the molecule is COc1cc(-c2nc(C(=O)N3CCOCC3)cs2)ccc1OCc1ccccc1C(F)(F)F. The quantitative estimate of drug-likeness (QED) is 0.505. The van der Waals surface area contributed by atoms with Crippen molar-refractivity contribution in [1.29, 1.82) is 0 Å². The molecular formula is C23H21F3N2O4S. The lowest BCUT2D eigenvalue weighted by atomic mass is 10.1. The molecule has 33 heavy (non-hydrogen) atoms. The maximum atomic E-state index is 13.2. The fourth-order valence-corrected chi connectivity index (χ4v) is 4.22. The van der Waals surface area contributed by atoms with E-state index in [2.05, 4.69) is 4.98 Å². The van der Waals surface area contributed by atoms with E-state index in [1.165, 1.54) is 36.6 Å². The summed E-state index contributed by atoms with van der Waals surface area (Å²) in [6.45, 7) is 1.82. The van der Waals surface area contributed by atoms with Crippen molar-refractivity contribution in [2.45, 2.75) is 12.8 Å². The van der Waals surface area contributed by atoms with E-state index < -0.39 is 11.7 Å². The van der Waals surface area contributed by atoms with Crippen molar-refractivity contribution in [2.75, 3.05) is 33.4 Å². The molecule has 0 N–H and O–H groups in total. The van der Waals surface area contributed by atoms with Crippen molar-refractivity contribution in [3.05, 3.63) is 64.7 Å². The van der Waals surface area contributed by atoms with Gasteiger partial charge in [-0.15, -0.1) is 11.3 Å². The molecule has 1 aliphatic rings. The lowest BCUT2D eigenvalue weighted by molar-refractivity contribution is -0.138. The normalized spacial score (nSPS) is 14.2. The first-order valence-electron chi connectivity index (χ1n) is 10.2. The molecule has 3 aromatic rings. The van der Waals surface area contributed by atoms with Crippen LogP contribution in [0.5, 0.6) is 11.5 Å². The van der Waals surface area contributed by atoms with Gasteiger partial charge in [0.1, 0.15) is 17.3 Å². The number of aromatic nitrogens is 1. The predicted molar refractivity (Wildman–Crippen MR) is 117 cm³/mol. The van der Waals surface area contributed by atoms with Gasteiger partial charge in [-0.25, -0.2) is 4.98 Å². The van der Waals surface area contributed by atoms with Crippen LogP contribution >= 0.6 is 11.3 Å². The molecule has 0 saturated carbocycles. The van der Waals surface area contributed by atoms with Crippen LogP contribution in [0.25, 0.3) is 10.6 Å². The molecule has 0 atom stereocenters. The molecule has 2 heterocycles. The molecule has 1 saturated heterocycles. The van der Waals surface area contributed by atoms with Crippen LogP contribution in [0.3, 0.4) is 0 Å². The molecule has 10 heteroatoms. The largest absolute Gasteiger partial charge is 0.493 e. The number of thiazole rings is 1. The molecule has 0 radical (unpaired) electrons. The van der Waals surface area contributed by atoms with Crippen LogP contribution in [0.15, 0.2) is 47.8 Å². The van der Waals surface area contributed by atoms with Crippen molar-refractivity contribution in [3.8, 4) is 22.1 Å². The number of hydrogen-bond acceptors (Lipinski definition) is 6. The minimum atomic E-state index is -4.46. The average Bonchev–Trinajstić information content (AvgIpc) is 3.32. The minimum absolute atomic E-state index is 0.0299. The Morgan fingerprint density at radius 3 is 2.64 bits per heavy atom. The van der Waals surface area contributed by atoms with E-state index in [1.807, 2.05) is 0 Å². The summed E-state index contributed by atoms with van der Waals surface area (Å²) in [6.07, 6.45) is -4.46. The van der Waals surface area contributed by atoms with E-state index >= 15 is 0 Å². The Kier molecular flexibility index (Phi) is 6.85. The Hall–Kier alpha value is -3.11. The van der Waals surface area contributed by atoms with Gasteiger partial charge in [0, 0.05) is 29.6 Å². The molecule has 2 aromatic carbocycles. The first-order valence-corrected chi connectivity index (χ1v) is 11.0. The number of amides is 1. The van der Waals surface area contributed by atoms with Gasteiger partial charge in [-0.2, -0.15) is 13.2 Å². The van der Waals surface area contributed by atoms with Gasteiger partial charge in [0.15, 0.2) is 11.5 Å². The van der Waals surface area contributed by atoms with Crippen LogP contribution in [0.4, 0.5) is 13.2 Å². The molecule has 1 aromatic heterocycles. The zero-order chi connectivity index (χ0) is 23.4. The minimum Gasteiger partial charge on any atom is -0.493 e. The van der Waals surface area contributed by atoms with E-state index in [4.69, 9.17) is 14.2 Å². The Labute approximate surface area is 192 Å². The molecule has 0 unspecified atom stereocenters. The van der Waals surface area contributed by atoms with Crippen LogP contribution in [0.2, 0.25) is 0 Å². The van der Waals surface area contributed by atoms with Crippen LogP contribution < -0.4 is 9.47 Å². The molecule has 0 bridgehead atoms. The van der Waals surface area contributed by atoms with Gasteiger partial charge in [-0.3, -0.25) is 4.79 Å². The lowest BCUT2D eigenvalue weighted by Crippen LogP contribution is -2.40. The number of morpholine rings is 1. The monoisotopic (exact) mass is 478 g/mol. The first kappa shape index (κ1) is 23.1. The van der Waals surface area contributed by atoms with E-state index in [-0.39, 0.29) is 18.1 Å². The second-order valence-electron chi connectivity index (χ2n) is 7.25. The van der Waals surface area contributed by atoms with Gasteiger partial charge in [-0.1, -0.05) is 18.2 Å². The summed E-state index contributed by atoms with van der Waals surface area (Å²) >= 11 is 1.32. The number of carbonyl (C=O) groups excluding carboxylic acids is 1. The summed E-state index contributed by atoms with van der Waals surface area (Å²) in [7, 11) is 1.45. The summed E-state index contributed by atoms with van der Waals surface area (Å²) in [4.78, 5) is 18.8. The maximum absolute atomic E-state index is 13.2. The van der Waals surface area contributed by atoms with Crippen LogP contribution in [0.1, 0.15) is 21.6 Å². The highest BCUT2D eigenvalue weighted by Gasteiger charge is 2.33. The van der Waals surface area contributed by atoms with Crippen molar-refractivity contribution in [3.63, 3.8) is 0 Å². The van der Waals surface area contributed by atoms with E-state index in [0.717, 1.165) is 6.07 Å². The Balaban J connectivity index is 1.50. The van der Waals surface area contributed by atoms with Crippen molar-refractivity contribution >= 4 is 17.2 Å². The molecule has 1 amide bonds. The van der Waals surface area contributed by atoms with Crippen molar-refractivity contribution < 1.29 is 32.2 Å². The number of rotatable bonds is 6. The predicted octanol–water partition coefficient (Wildman–Crippen LogP) is 4.89. The van der Waals surface area contributed by atoms with Crippen LogP contribution in [-0.2, 0) is 17.5 Å². The summed E-state index contributed by atoms with van der Waals surface area (Å²) in [6, 6.07) is 10.3. The Bertz CT molecular complexity index is 1130. The number of ether oxygens (including phenoxy) is 3. The van der Waals surface area contributed by atoms with Crippen molar-refractivity contribution in [1.82, 2.24) is 9.88 Å². The smallest absolute Gasteiger partial charge is 0.416 e. The number of nitrogens with zero attached hydrogens (tertiary/aromatic N) is 2. The van der Waals surface area contributed by atoms with Gasteiger partial charge >= 0.3 is 6.18 Å². The zero-order valence-corrected chi connectivity index (χ0v) is 18.5. The topological polar surface area (TPSA) is 60.9 Å².